The number of carbonyl (C=O) groups is 1. The van der Waals surface area contributed by atoms with E-state index in [-0.39, 0.29) is 29.7 Å². The van der Waals surface area contributed by atoms with Crippen molar-refractivity contribution in [2.24, 2.45) is 0 Å². The van der Waals surface area contributed by atoms with Gasteiger partial charge in [0.1, 0.15) is 12.4 Å². The van der Waals surface area contributed by atoms with Crippen LogP contribution in [0.1, 0.15) is 22.8 Å². The van der Waals surface area contributed by atoms with E-state index in [4.69, 9.17) is 9.84 Å². The van der Waals surface area contributed by atoms with Gasteiger partial charge in [0.25, 0.3) is 5.91 Å². The summed E-state index contributed by atoms with van der Waals surface area (Å²) in [7, 11) is 3.20. The molecule has 108 valence electrons. The van der Waals surface area contributed by atoms with E-state index in [2.05, 4.69) is 11.8 Å². The molecule has 0 fully saturated rings. The molecule has 0 aliphatic rings. The molecule has 0 radical (unpaired) electrons. The number of ether oxygens (including phenoxy) is 1. The van der Waals surface area contributed by atoms with Crippen LogP contribution in [0.25, 0.3) is 0 Å². The number of hydrogen-bond donors (Lipinski definition) is 1. The molecule has 0 aliphatic carbocycles. The molecule has 0 aromatic heterocycles. The lowest BCUT2D eigenvalue weighted by Crippen LogP contribution is -2.37. The summed E-state index contributed by atoms with van der Waals surface area (Å²) >= 11 is 0. The molecule has 1 N–H and O–H groups in total. The van der Waals surface area contributed by atoms with Crippen LogP contribution in [0.3, 0.4) is 0 Å². The first-order chi connectivity index (χ1) is 9.51. The molecule has 0 saturated carbocycles. The SMILES string of the molecule is COCC(C)N(C)C(=O)c1ccc(C#CCO)c(F)c1. The third-order valence-corrected chi connectivity index (χ3v) is 2.91. The molecular formula is C15H18FNO3. The van der Waals surface area contributed by atoms with Gasteiger partial charge in [-0.3, -0.25) is 4.79 Å². The van der Waals surface area contributed by atoms with E-state index < -0.39 is 5.82 Å². The molecule has 5 heteroatoms. The fraction of sp³-hybridized carbons (Fsp3) is 0.400. The lowest BCUT2D eigenvalue weighted by molar-refractivity contribution is 0.0633. The van der Waals surface area contributed by atoms with Gasteiger partial charge in [0.05, 0.1) is 18.2 Å². The number of halogens is 1. The van der Waals surface area contributed by atoms with Crippen molar-refractivity contribution in [3.05, 3.63) is 35.1 Å². The minimum atomic E-state index is -0.579. The van der Waals surface area contributed by atoms with E-state index in [0.29, 0.717) is 6.61 Å². The van der Waals surface area contributed by atoms with Crippen molar-refractivity contribution in [1.29, 1.82) is 0 Å². The van der Waals surface area contributed by atoms with E-state index in [1.54, 1.807) is 14.2 Å². The van der Waals surface area contributed by atoms with E-state index in [1.807, 2.05) is 6.92 Å². The summed E-state index contributed by atoms with van der Waals surface area (Å²) in [5.74, 6) is 3.99. The quantitative estimate of drug-likeness (QED) is 0.845. The summed E-state index contributed by atoms with van der Waals surface area (Å²) in [5.41, 5.74) is 0.408. The second kappa shape index (κ2) is 7.63. The molecule has 0 spiro atoms. The normalized spacial score (nSPS) is 11.4. The van der Waals surface area contributed by atoms with Crippen LogP contribution in [-0.2, 0) is 4.74 Å². The van der Waals surface area contributed by atoms with Crippen LogP contribution in [0, 0.1) is 17.7 Å². The second-order valence-electron chi connectivity index (χ2n) is 4.37. The minimum absolute atomic E-state index is 0.107. The van der Waals surface area contributed by atoms with Gasteiger partial charge in [-0.05, 0) is 25.1 Å². The first kappa shape index (κ1) is 16.2. The Morgan fingerprint density at radius 3 is 2.80 bits per heavy atom. The maximum absolute atomic E-state index is 13.8. The Bertz CT molecular complexity index is 534. The molecule has 0 saturated heterocycles. The lowest BCUT2D eigenvalue weighted by Gasteiger charge is -2.24. The highest BCUT2D eigenvalue weighted by atomic mass is 19.1. The number of rotatable bonds is 4. The topological polar surface area (TPSA) is 49.8 Å². The first-order valence-electron chi connectivity index (χ1n) is 6.16. The Balaban J connectivity index is 2.92. The van der Waals surface area contributed by atoms with Gasteiger partial charge in [0, 0.05) is 19.7 Å². The summed E-state index contributed by atoms with van der Waals surface area (Å²) in [6.07, 6.45) is 0. The largest absolute Gasteiger partial charge is 0.384 e. The number of aliphatic hydroxyl groups is 1. The van der Waals surface area contributed by atoms with Gasteiger partial charge < -0.3 is 14.7 Å². The van der Waals surface area contributed by atoms with Gasteiger partial charge in [-0.2, -0.15) is 0 Å². The number of carbonyl (C=O) groups excluding carboxylic acids is 1. The molecule has 4 nitrogen and oxygen atoms in total. The Labute approximate surface area is 118 Å². The Morgan fingerprint density at radius 2 is 2.25 bits per heavy atom. The van der Waals surface area contributed by atoms with Gasteiger partial charge in [0.2, 0.25) is 0 Å². The number of amides is 1. The van der Waals surface area contributed by atoms with Crippen LogP contribution in [0.4, 0.5) is 4.39 Å². The Hall–Kier alpha value is -1.90. The van der Waals surface area contributed by atoms with Crippen LogP contribution in [0.15, 0.2) is 18.2 Å². The summed E-state index contributed by atoms with van der Waals surface area (Å²) in [5, 5.41) is 8.58. The third-order valence-electron chi connectivity index (χ3n) is 2.91. The summed E-state index contributed by atoms with van der Waals surface area (Å²) < 4.78 is 18.8. The zero-order chi connectivity index (χ0) is 15.1. The number of nitrogens with zero attached hydrogens (tertiary/aromatic N) is 1. The second-order valence-corrected chi connectivity index (χ2v) is 4.37. The molecule has 1 aromatic carbocycles. The molecule has 1 amide bonds. The highest BCUT2D eigenvalue weighted by Crippen LogP contribution is 2.12. The van der Waals surface area contributed by atoms with Crippen LogP contribution in [0.2, 0.25) is 0 Å². The molecule has 1 unspecified atom stereocenters. The molecular weight excluding hydrogens is 261 g/mol. The van der Waals surface area contributed by atoms with E-state index >= 15 is 0 Å². The zero-order valence-corrected chi connectivity index (χ0v) is 11.8. The van der Waals surface area contributed by atoms with Gasteiger partial charge >= 0.3 is 0 Å². The number of methoxy groups -OCH3 is 1. The fourth-order valence-corrected chi connectivity index (χ4v) is 1.64. The average Bonchev–Trinajstić information content (AvgIpc) is 2.44. The lowest BCUT2D eigenvalue weighted by atomic mass is 10.1. The van der Waals surface area contributed by atoms with E-state index in [1.165, 1.54) is 17.0 Å². The van der Waals surface area contributed by atoms with Crippen molar-refractivity contribution in [3.63, 3.8) is 0 Å². The van der Waals surface area contributed by atoms with Crippen molar-refractivity contribution in [1.82, 2.24) is 4.90 Å². The highest BCUT2D eigenvalue weighted by Gasteiger charge is 2.18. The molecule has 1 aromatic rings. The van der Waals surface area contributed by atoms with Gasteiger partial charge in [-0.25, -0.2) is 4.39 Å². The van der Waals surface area contributed by atoms with E-state index in [9.17, 15) is 9.18 Å². The van der Waals surface area contributed by atoms with Crippen molar-refractivity contribution < 1.29 is 19.0 Å². The standard InChI is InChI=1S/C15H18FNO3/c1-11(10-20-3)17(2)15(19)13-7-6-12(5-4-8-18)14(16)9-13/h6-7,9,11,18H,8,10H2,1-3H3. The van der Waals surface area contributed by atoms with E-state index in [0.717, 1.165) is 6.07 Å². The Morgan fingerprint density at radius 1 is 1.55 bits per heavy atom. The van der Waals surface area contributed by atoms with Gasteiger partial charge in [0.15, 0.2) is 0 Å². The average molecular weight is 279 g/mol. The van der Waals surface area contributed by atoms with Gasteiger partial charge in [-0.1, -0.05) is 11.8 Å². The van der Waals surface area contributed by atoms with Crippen LogP contribution >= 0.6 is 0 Å². The van der Waals surface area contributed by atoms with Crippen molar-refractivity contribution in [2.45, 2.75) is 13.0 Å². The van der Waals surface area contributed by atoms with Crippen LogP contribution < -0.4 is 0 Å². The molecule has 1 atom stereocenters. The molecule has 20 heavy (non-hydrogen) atoms. The van der Waals surface area contributed by atoms with Crippen molar-refractivity contribution in [2.75, 3.05) is 27.4 Å². The summed E-state index contributed by atoms with van der Waals surface area (Å²) in [6, 6.07) is 3.99. The van der Waals surface area contributed by atoms with Crippen LogP contribution in [0.5, 0.6) is 0 Å². The summed E-state index contributed by atoms with van der Waals surface area (Å²) in [6.45, 7) is 1.92. The van der Waals surface area contributed by atoms with Crippen molar-refractivity contribution >= 4 is 5.91 Å². The first-order valence-corrected chi connectivity index (χ1v) is 6.16. The zero-order valence-electron chi connectivity index (χ0n) is 11.8. The smallest absolute Gasteiger partial charge is 0.254 e. The third kappa shape index (κ3) is 4.05. The molecule has 0 aliphatic heterocycles. The van der Waals surface area contributed by atoms with Gasteiger partial charge in [-0.15, -0.1) is 0 Å². The molecule has 0 bridgehead atoms. The maximum Gasteiger partial charge on any atom is 0.254 e. The number of aliphatic hydroxyl groups excluding tert-OH is 1. The maximum atomic E-state index is 13.8. The predicted molar refractivity (Wildman–Crippen MR) is 73.8 cm³/mol. The van der Waals surface area contributed by atoms with Crippen LogP contribution in [-0.4, -0.2) is 49.3 Å². The molecule has 1 rings (SSSR count). The number of hydrogen-bond acceptors (Lipinski definition) is 3. The predicted octanol–water partition coefficient (Wildman–Crippen LogP) is 1.28. The Kier molecular flexibility index (Phi) is 6.16. The fourth-order valence-electron chi connectivity index (χ4n) is 1.64. The van der Waals surface area contributed by atoms with Crippen molar-refractivity contribution in [3.8, 4) is 11.8 Å². The number of benzene rings is 1. The highest BCUT2D eigenvalue weighted by molar-refractivity contribution is 5.94. The molecule has 0 heterocycles. The minimum Gasteiger partial charge on any atom is -0.384 e. The number of likely N-dealkylation sites (N-methyl/N-ethyl adjacent to an activating group) is 1. The summed E-state index contributed by atoms with van der Waals surface area (Å²) in [4.78, 5) is 13.7. The monoisotopic (exact) mass is 279 g/mol.